The zero-order valence-electron chi connectivity index (χ0n) is 19.3. The van der Waals surface area contributed by atoms with E-state index in [1.54, 1.807) is 0 Å². The molecule has 0 aliphatic carbocycles. The first-order valence-electron chi connectivity index (χ1n) is 10.2. The first kappa shape index (κ1) is 32.2. The van der Waals surface area contributed by atoms with E-state index in [0.717, 1.165) is 6.07 Å². The molecule has 1 unspecified atom stereocenters. The minimum atomic E-state index is -4.98. The molecule has 0 amide bonds. The number of rotatable bonds is 8. The van der Waals surface area contributed by atoms with Gasteiger partial charge in [0.1, 0.15) is 11.0 Å². The van der Waals surface area contributed by atoms with Crippen LogP contribution in [0.2, 0.25) is 0 Å². The lowest BCUT2D eigenvalue weighted by molar-refractivity contribution is -0.138. The summed E-state index contributed by atoms with van der Waals surface area (Å²) >= 11 is 0.514. The van der Waals surface area contributed by atoms with E-state index in [9.17, 15) is 52.5 Å². The first-order chi connectivity index (χ1) is 18.1. The predicted molar refractivity (Wildman–Crippen MR) is 126 cm³/mol. The highest BCUT2D eigenvalue weighted by atomic mass is 32.2. The minimum Gasteiger partial charge on any atom is -0.324 e. The normalized spacial score (nSPS) is 12.7. The molecule has 0 aromatic heterocycles. The molecule has 0 spiro atoms. The fourth-order valence-electron chi connectivity index (χ4n) is 2.92. The number of anilines is 2. The molecule has 0 saturated carbocycles. The fourth-order valence-corrected chi connectivity index (χ4v) is 4.68. The zero-order valence-corrected chi connectivity index (χ0v) is 20.9. The van der Waals surface area contributed by atoms with Crippen molar-refractivity contribution in [3.63, 3.8) is 0 Å². The summed E-state index contributed by atoms with van der Waals surface area (Å²) in [5, 5.41) is 0. The molecule has 0 bridgehead atoms. The minimum absolute atomic E-state index is 0.0228. The van der Waals surface area contributed by atoms with Crippen LogP contribution in [0.3, 0.4) is 0 Å². The molecular weight excluding hydrogens is 593 g/mol. The van der Waals surface area contributed by atoms with Gasteiger partial charge in [0.15, 0.2) is 0 Å². The Morgan fingerprint density at radius 1 is 0.718 bits per heavy atom. The monoisotopic (exact) mass is 610 g/mol. The van der Waals surface area contributed by atoms with Crippen molar-refractivity contribution in [3.05, 3.63) is 82.9 Å². The van der Waals surface area contributed by atoms with Crippen molar-refractivity contribution in [3.8, 4) is 0 Å². The summed E-state index contributed by atoms with van der Waals surface area (Å²) in [6.45, 7) is 0. The van der Waals surface area contributed by atoms with Crippen molar-refractivity contribution >= 4 is 34.3 Å². The highest BCUT2D eigenvalue weighted by molar-refractivity contribution is 8.00. The van der Waals surface area contributed by atoms with Gasteiger partial charge in [-0.05, 0) is 60.5 Å². The van der Waals surface area contributed by atoms with Gasteiger partial charge in [-0.15, -0.1) is 0 Å². The third-order valence-corrected chi connectivity index (χ3v) is 6.50. The first-order valence-corrected chi connectivity index (χ1v) is 12.2. The Hall–Kier alpha value is -3.01. The van der Waals surface area contributed by atoms with Gasteiger partial charge in [-0.3, -0.25) is 9.11 Å². The summed E-state index contributed by atoms with van der Waals surface area (Å²) in [5.74, 6) is 0. The summed E-state index contributed by atoms with van der Waals surface area (Å²) in [6.07, 6.45) is -16.3. The number of hydrogen-bond donors (Lipinski definition) is 2. The molecule has 1 atom stereocenters. The van der Waals surface area contributed by atoms with E-state index >= 15 is 0 Å². The molecule has 39 heavy (non-hydrogen) atoms. The molecule has 0 heterocycles. The second-order valence-corrected chi connectivity index (χ2v) is 9.39. The number of hydrogen-bond acceptors (Lipinski definition) is 3. The second-order valence-electron chi connectivity index (χ2n) is 7.30. The number of alkyl halides is 11. The summed E-state index contributed by atoms with van der Waals surface area (Å²) < 4.78 is 158. The third-order valence-electron chi connectivity index (χ3n) is 4.64. The molecule has 16 heteroatoms. The van der Waals surface area contributed by atoms with Crippen LogP contribution >= 0.6 is 11.9 Å². The summed E-state index contributed by atoms with van der Waals surface area (Å²) in [5.41, 5.74) is -4.56. The standard InChI is InChI=1S/C22H14F10N2OS2.CH3F/c23-19(24)11-5-13(21(27,28)29)9-15(7-11)36-33-17-3-1-2-4-18(17)34-37(35)16-8-12(20(25)26)6-14(10-16)22(30,31)32;1-2/h1-10,19-20,33-34H;1H3. The van der Waals surface area contributed by atoms with E-state index in [1.807, 2.05) is 0 Å². The summed E-state index contributed by atoms with van der Waals surface area (Å²) in [6, 6.07) is 8.63. The van der Waals surface area contributed by atoms with Gasteiger partial charge in [-0.25, -0.2) is 21.8 Å². The maximum Gasteiger partial charge on any atom is 0.416 e. The lowest BCUT2D eigenvalue weighted by Crippen LogP contribution is -2.11. The van der Waals surface area contributed by atoms with Crippen molar-refractivity contribution in [2.45, 2.75) is 35.0 Å². The summed E-state index contributed by atoms with van der Waals surface area (Å²) in [7, 11) is -1.97. The van der Waals surface area contributed by atoms with E-state index in [4.69, 9.17) is 0 Å². The van der Waals surface area contributed by atoms with Crippen molar-refractivity contribution in [1.82, 2.24) is 0 Å². The molecule has 3 nitrogen and oxygen atoms in total. The van der Waals surface area contributed by atoms with Crippen LogP contribution in [0.4, 0.5) is 59.7 Å². The number of para-hydroxylation sites is 2. The van der Waals surface area contributed by atoms with Crippen LogP contribution in [0.25, 0.3) is 0 Å². The fraction of sp³-hybridized carbons (Fsp3) is 0.217. The lowest BCUT2D eigenvalue weighted by atomic mass is 10.1. The van der Waals surface area contributed by atoms with Crippen molar-refractivity contribution in [1.29, 1.82) is 0 Å². The van der Waals surface area contributed by atoms with Gasteiger partial charge in [-0.2, -0.15) is 26.3 Å². The number of nitrogens with one attached hydrogen (secondary N) is 2. The molecule has 0 aliphatic heterocycles. The molecule has 3 rings (SSSR count). The van der Waals surface area contributed by atoms with Crippen molar-refractivity contribution in [2.75, 3.05) is 16.6 Å². The average Bonchev–Trinajstić information content (AvgIpc) is 2.87. The molecule has 0 fully saturated rings. The molecule has 214 valence electrons. The third kappa shape index (κ3) is 9.02. The van der Waals surface area contributed by atoms with E-state index in [-0.39, 0.29) is 22.3 Å². The van der Waals surface area contributed by atoms with Gasteiger partial charge in [0.2, 0.25) is 0 Å². The Bertz CT molecular complexity index is 1280. The average molecular weight is 611 g/mol. The van der Waals surface area contributed by atoms with Crippen LogP contribution in [0.15, 0.2) is 70.5 Å². The van der Waals surface area contributed by atoms with Crippen LogP contribution in [0.1, 0.15) is 35.1 Å². The molecule has 3 aromatic carbocycles. The van der Waals surface area contributed by atoms with Crippen LogP contribution in [-0.4, -0.2) is 11.4 Å². The quantitative estimate of drug-likeness (QED) is 0.197. The van der Waals surface area contributed by atoms with Crippen LogP contribution in [-0.2, 0) is 23.3 Å². The van der Waals surface area contributed by atoms with Crippen LogP contribution in [0.5, 0.6) is 0 Å². The van der Waals surface area contributed by atoms with E-state index in [0.29, 0.717) is 43.4 Å². The molecule has 0 saturated heterocycles. The molecule has 3 aromatic rings. The smallest absolute Gasteiger partial charge is 0.324 e. The van der Waals surface area contributed by atoms with Gasteiger partial charge >= 0.3 is 12.4 Å². The van der Waals surface area contributed by atoms with Crippen LogP contribution < -0.4 is 9.44 Å². The van der Waals surface area contributed by atoms with E-state index < -0.39 is 63.3 Å². The molecule has 2 N–H and O–H groups in total. The highest BCUT2D eigenvalue weighted by Gasteiger charge is 2.33. The van der Waals surface area contributed by atoms with Gasteiger partial charge in [0, 0.05) is 16.0 Å². The predicted octanol–water partition coefficient (Wildman–Crippen LogP) is 9.44. The Kier molecular flexibility index (Phi) is 11.0. The van der Waals surface area contributed by atoms with Gasteiger partial charge < -0.3 is 4.72 Å². The topological polar surface area (TPSA) is 41.1 Å². The lowest BCUT2D eigenvalue weighted by Gasteiger charge is -2.16. The van der Waals surface area contributed by atoms with Gasteiger partial charge in [0.05, 0.1) is 34.6 Å². The SMILES string of the molecule is CF.O=S(Nc1ccccc1NSc1cc(C(F)F)cc(C(F)(F)F)c1)c1cc(C(F)F)cc(C(F)(F)F)c1. The maximum atomic E-state index is 13.1. The Balaban J connectivity index is 0.00000260. The van der Waals surface area contributed by atoms with E-state index in [2.05, 4.69) is 9.44 Å². The molecule has 0 radical (unpaired) electrons. The molecular formula is C23H17F11N2OS2. The number of halogens is 11. The van der Waals surface area contributed by atoms with Crippen molar-refractivity contribution in [2.24, 2.45) is 0 Å². The Morgan fingerprint density at radius 2 is 1.21 bits per heavy atom. The van der Waals surface area contributed by atoms with Gasteiger partial charge in [0.25, 0.3) is 12.9 Å². The second kappa shape index (κ2) is 13.4. The van der Waals surface area contributed by atoms with Crippen LogP contribution in [0, 0.1) is 0 Å². The maximum absolute atomic E-state index is 13.1. The zero-order chi connectivity index (χ0) is 29.5. The molecule has 0 aliphatic rings. The Labute approximate surface area is 221 Å². The van der Waals surface area contributed by atoms with E-state index in [1.165, 1.54) is 24.3 Å². The number of benzene rings is 3. The highest BCUT2D eigenvalue weighted by Crippen LogP contribution is 2.37. The largest absolute Gasteiger partial charge is 0.416 e. The van der Waals surface area contributed by atoms with Crippen molar-refractivity contribution < 1.29 is 52.5 Å². The summed E-state index contributed by atoms with van der Waals surface area (Å²) in [4.78, 5) is -0.840. The Morgan fingerprint density at radius 3 is 1.72 bits per heavy atom. The van der Waals surface area contributed by atoms with Gasteiger partial charge in [-0.1, -0.05) is 12.1 Å².